The van der Waals surface area contributed by atoms with E-state index < -0.39 is 32.8 Å². The molecule has 0 unspecified atom stereocenters. The fourth-order valence-electron chi connectivity index (χ4n) is 1.63. The largest absolute Gasteiger partial charge is 0.416 e. The zero-order valence-electron chi connectivity index (χ0n) is 9.35. The average molecular weight is 316 g/mol. The molecule has 0 spiro atoms. The normalized spacial score (nSPS) is 18.4. The summed E-state index contributed by atoms with van der Waals surface area (Å²) in [5.74, 6) is 0. The van der Waals surface area contributed by atoms with E-state index in [-0.39, 0.29) is 18.1 Å². The number of sulfonamides is 1. The molecule has 4 nitrogen and oxygen atoms in total. The van der Waals surface area contributed by atoms with E-state index in [4.69, 9.17) is 16.7 Å². The van der Waals surface area contributed by atoms with Gasteiger partial charge in [0.1, 0.15) is 4.90 Å². The molecule has 0 atom stereocenters. The Kier molecular flexibility index (Phi) is 3.54. The monoisotopic (exact) mass is 315 g/mol. The minimum Gasteiger partial charge on any atom is -0.390 e. The molecule has 0 aliphatic carbocycles. The number of aliphatic hydroxyl groups is 1. The van der Waals surface area contributed by atoms with Gasteiger partial charge in [0.05, 0.1) is 16.7 Å². The van der Waals surface area contributed by atoms with Crippen LogP contribution in [0.15, 0.2) is 23.1 Å². The van der Waals surface area contributed by atoms with Crippen LogP contribution in [0.3, 0.4) is 0 Å². The van der Waals surface area contributed by atoms with Crippen molar-refractivity contribution in [3.63, 3.8) is 0 Å². The van der Waals surface area contributed by atoms with Gasteiger partial charge in [0, 0.05) is 13.1 Å². The maximum Gasteiger partial charge on any atom is 0.416 e. The molecule has 0 saturated carbocycles. The van der Waals surface area contributed by atoms with Crippen molar-refractivity contribution in [3.05, 3.63) is 28.8 Å². The van der Waals surface area contributed by atoms with Crippen molar-refractivity contribution in [1.29, 1.82) is 0 Å². The van der Waals surface area contributed by atoms with Crippen LogP contribution in [0.1, 0.15) is 5.56 Å². The standard InChI is InChI=1S/C10H9ClF3NO3S/c11-8-2-1-6(10(12,13)14)3-9(8)19(17,18)15-4-7(16)5-15/h1-3,7,16H,4-5H2. The molecular weight excluding hydrogens is 307 g/mol. The van der Waals surface area contributed by atoms with Gasteiger partial charge < -0.3 is 5.11 Å². The second kappa shape index (κ2) is 4.62. The Labute approximate surface area is 112 Å². The number of benzene rings is 1. The number of β-amino-alcohol motifs (C(OH)–C–C–N with tert-alkyl or cyclic N) is 1. The topological polar surface area (TPSA) is 57.6 Å². The molecule has 9 heteroatoms. The predicted octanol–water partition coefficient (Wildman–Crippen LogP) is 1.72. The van der Waals surface area contributed by atoms with Crippen molar-refractivity contribution in [2.75, 3.05) is 13.1 Å². The van der Waals surface area contributed by atoms with Crippen molar-refractivity contribution in [1.82, 2.24) is 4.31 Å². The molecule has 0 bridgehead atoms. The fraction of sp³-hybridized carbons (Fsp3) is 0.400. The van der Waals surface area contributed by atoms with Gasteiger partial charge in [0.25, 0.3) is 0 Å². The van der Waals surface area contributed by atoms with Crippen molar-refractivity contribution in [3.8, 4) is 0 Å². The van der Waals surface area contributed by atoms with Crippen LogP contribution in [0.4, 0.5) is 13.2 Å². The number of hydrogen-bond donors (Lipinski definition) is 1. The van der Waals surface area contributed by atoms with E-state index in [0.717, 1.165) is 10.4 Å². The average Bonchev–Trinajstić information content (AvgIpc) is 2.23. The molecule has 106 valence electrons. The summed E-state index contributed by atoms with van der Waals surface area (Å²) >= 11 is 5.66. The molecule has 1 heterocycles. The van der Waals surface area contributed by atoms with Crippen molar-refractivity contribution in [2.24, 2.45) is 0 Å². The first-order chi connectivity index (χ1) is 8.62. The minimum atomic E-state index is -4.65. The van der Waals surface area contributed by atoms with Crippen LogP contribution in [-0.4, -0.2) is 37.0 Å². The molecular formula is C10H9ClF3NO3S. The van der Waals surface area contributed by atoms with E-state index in [0.29, 0.717) is 12.1 Å². The lowest BCUT2D eigenvalue weighted by molar-refractivity contribution is -0.137. The summed E-state index contributed by atoms with van der Waals surface area (Å²) in [6, 6.07) is 2.11. The van der Waals surface area contributed by atoms with Crippen LogP contribution in [0, 0.1) is 0 Å². The molecule has 1 fully saturated rings. The van der Waals surface area contributed by atoms with Gasteiger partial charge in [-0.2, -0.15) is 17.5 Å². The maximum atomic E-state index is 12.6. The number of rotatable bonds is 2. The molecule has 0 radical (unpaired) electrons. The van der Waals surface area contributed by atoms with Crippen LogP contribution in [0.5, 0.6) is 0 Å². The van der Waals surface area contributed by atoms with Gasteiger partial charge in [-0.15, -0.1) is 0 Å². The summed E-state index contributed by atoms with van der Waals surface area (Å²) in [4.78, 5) is -0.601. The highest BCUT2D eigenvalue weighted by Gasteiger charge is 2.38. The molecule has 1 aromatic rings. The molecule has 1 aliphatic heterocycles. The summed E-state index contributed by atoms with van der Waals surface area (Å²) in [5.41, 5.74) is -1.09. The Balaban J connectivity index is 2.44. The molecule has 1 saturated heterocycles. The van der Waals surface area contributed by atoms with Crippen LogP contribution < -0.4 is 0 Å². The minimum absolute atomic E-state index is 0.144. The fourth-order valence-corrected chi connectivity index (χ4v) is 3.64. The Hall–Kier alpha value is -0.830. The Morgan fingerprint density at radius 3 is 2.37 bits per heavy atom. The van der Waals surface area contributed by atoms with Crippen molar-refractivity contribution in [2.45, 2.75) is 17.2 Å². The van der Waals surface area contributed by atoms with Gasteiger partial charge >= 0.3 is 6.18 Å². The molecule has 0 amide bonds. The lowest BCUT2D eigenvalue weighted by Gasteiger charge is -2.34. The Bertz CT molecular complexity index is 597. The summed E-state index contributed by atoms with van der Waals surface area (Å²) < 4.78 is 62.6. The highest BCUT2D eigenvalue weighted by molar-refractivity contribution is 7.89. The lowest BCUT2D eigenvalue weighted by Crippen LogP contribution is -2.53. The first-order valence-corrected chi connectivity index (χ1v) is 6.99. The third-order valence-electron chi connectivity index (χ3n) is 2.71. The number of nitrogens with zero attached hydrogens (tertiary/aromatic N) is 1. The van der Waals surface area contributed by atoms with Crippen molar-refractivity contribution >= 4 is 21.6 Å². The highest BCUT2D eigenvalue weighted by atomic mass is 35.5. The van der Waals surface area contributed by atoms with Gasteiger partial charge in [-0.25, -0.2) is 8.42 Å². The van der Waals surface area contributed by atoms with Crippen molar-refractivity contribution < 1.29 is 26.7 Å². The van der Waals surface area contributed by atoms with Gasteiger partial charge in [-0.05, 0) is 18.2 Å². The van der Waals surface area contributed by atoms with E-state index >= 15 is 0 Å². The summed E-state index contributed by atoms with van der Waals surface area (Å²) in [5, 5.41) is 8.78. The third kappa shape index (κ3) is 2.71. The molecule has 1 N–H and O–H groups in total. The zero-order valence-corrected chi connectivity index (χ0v) is 10.9. The van der Waals surface area contributed by atoms with Crippen LogP contribution >= 0.6 is 11.6 Å². The summed E-state index contributed by atoms with van der Waals surface area (Å²) in [6.45, 7) is -0.288. The van der Waals surface area contributed by atoms with Crippen LogP contribution in [0.2, 0.25) is 5.02 Å². The van der Waals surface area contributed by atoms with Gasteiger partial charge in [0.15, 0.2) is 0 Å². The number of aliphatic hydroxyl groups excluding tert-OH is 1. The molecule has 1 aliphatic rings. The number of alkyl halides is 3. The first-order valence-electron chi connectivity index (χ1n) is 5.17. The van der Waals surface area contributed by atoms with E-state index in [1.54, 1.807) is 0 Å². The molecule has 2 rings (SSSR count). The van der Waals surface area contributed by atoms with E-state index in [1.807, 2.05) is 0 Å². The van der Waals surface area contributed by atoms with Gasteiger partial charge in [-0.1, -0.05) is 11.6 Å². The lowest BCUT2D eigenvalue weighted by atomic mass is 10.2. The second-order valence-corrected chi connectivity index (χ2v) is 6.43. The quantitative estimate of drug-likeness (QED) is 0.904. The van der Waals surface area contributed by atoms with E-state index in [2.05, 4.69) is 0 Å². The van der Waals surface area contributed by atoms with Crippen LogP contribution in [-0.2, 0) is 16.2 Å². The first kappa shape index (κ1) is 14.6. The summed E-state index contributed by atoms with van der Waals surface area (Å²) in [6.07, 6.45) is -5.44. The van der Waals surface area contributed by atoms with E-state index in [9.17, 15) is 21.6 Å². The SMILES string of the molecule is O=S(=O)(c1cc(C(F)(F)F)ccc1Cl)N1CC(O)C1. The van der Waals surface area contributed by atoms with E-state index in [1.165, 1.54) is 0 Å². The summed E-state index contributed by atoms with van der Waals surface area (Å²) in [7, 11) is -4.11. The van der Waals surface area contributed by atoms with Crippen LogP contribution in [0.25, 0.3) is 0 Å². The highest BCUT2D eigenvalue weighted by Crippen LogP contribution is 2.35. The molecule has 0 aromatic heterocycles. The molecule has 1 aromatic carbocycles. The number of halogens is 4. The maximum absolute atomic E-state index is 12.6. The zero-order chi connectivity index (χ0) is 14.4. The second-order valence-electron chi connectivity index (χ2n) is 4.12. The van der Waals surface area contributed by atoms with Gasteiger partial charge in [-0.3, -0.25) is 0 Å². The third-order valence-corrected chi connectivity index (χ3v) is 5.02. The van der Waals surface area contributed by atoms with Gasteiger partial charge in [0.2, 0.25) is 10.0 Å². The molecule has 19 heavy (non-hydrogen) atoms. The Morgan fingerprint density at radius 2 is 1.89 bits per heavy atom. The predicted molar refractivity (Wildman–Crippen MR) is 61.2 cm³/mol. The smallest absolute Gasteiger partial charge is 0.390 e. The number of hydrogen-bond acceptors (Lipinski definition) is 3. The Morgan fingerprint density at radius 1 is 1.32 bits per heavy atom.